The lowest BCUT2D eigenvalue weighted by molar-refractivity contribution is 0.187. The van der Waals surface area contributed by atoms with Crippen LogP contribution in [-0.2, 0) is 11.0 Å². The van der Waals surface area contributed by atoms with E-state index in [2.05, 4.69) is 19.6 Å². The van der Waals surface area contributed by atoms with Crippen molar-refractivity contribution in [3.05, 3.63) is 35.4 Å². The summed E-state index contributed by atoms with van der Waals surface area (Å²) in [7, 11) is -1.05. The molecule has 1 saturated carbocycles. The van der Waals surface area contributed by atoms with Crippen LogP contribution in [0.5, 0.6) is 0 Å². The van der Waals surface area contributed by atoms with Crippen molar-refractivity contribution in [2.45, 2.75) is 70.6 Å². The third kappa shape index (κ3) is 4.42. The van der Waals surface area contributed by atoms with E-state index in [-0.39, 0.29) is 10.2 Å². The second-order valence-corrected chi connectivity index (χ2v) is 13.3. The molecule has 4 heterocycles. The van der Waals surface area contributed by atoms with Gasteiger partial charge in [0.25, 0.3) is 0 Å². The van der Waals surface area contributed by atoms with Crippen LogP contribution in [0, 0.1) is 12.3 Å². The van der Waals surface area contributed by atoms with E-state index in [4.69, 9.17) is 22.3 Å². The van der Waals surface area contributed by atoms with Crippen molar-refractivity contribution in [3.63, 3.8) is 0 Å². The summed E-state index contributed by atoms with van der Waals surface area (Å²) in [5, 5.41) is 0.522. The number of halogens is 1. The monoisotopic (exact) mass is 515 g/mol. The van der Waals surface area contributed by atoms with Crippen LogP contribution in [0.25, 0.3) is 16.8 Å². The molecule has 35 heavy (non-hydrogen) atoms. The van der Waals surface area contributed by atoms with E-state index in [9.17, 15) is 4.21 Å². The second-order valence-electron chi connectivity index (χ2n) is 10.9. The van der Waals surface area contributed by atoms with Crippen molar-refractivity contribution in [2.75, 3.05) is 23.7 Å². The number of aryl methyl sites for hydroxylation is 1. The minimum Gasteiger partial charge on any atom is -0.384 e. The summed E-state index contributed by atoms with van der Waals surface area (Å²) in [5.74, 6) is 1.30. The first-order valence-corrected chi connectivity index (χ1v) is 13.8. The molecule has 2 atom stereocenters. The highest BCUT2D eigenvalue weighted by Crippen LogP contribution is 2.47. The van der Waals surface area contributed by atoms with Gasteiger partial charge in [0.15, 0.2) is 0 Å². The summed E-state index contributed by atoms with van der Waals surface area (Å²) in [4.78, 5) is 16.1. The largest absolute Gasteiger partial charge is 0.384 e. The predicted molar refractivity (Wildman–Crippen MR) is 143 cm³/mol. The molecule has 1 spiro atoms. The molecule has 188 valence electrons. The van der Waals surface area contributed by atoms with Crippen molar-refractivity contribution >= 4 is 40.0 Å². The summed E-state index contributed by atoms with van der Waals surface area (Å²) >= 11 is 6.48. The molecule has 0 bridgehead atoms. The van der Waals surface area contributed by atoms with Gasteiger partial charge in [-0.1, -0.05) is 18.0 Å². The smallest absolute Gasteiger partial charge is 0.211 e. The maximum atomic E-state index is 12.8. The Kier molecular flexibility index (Phi) is 6.30. The summed E-state index contributed by atoms with van der Waals surface area (Å²) < 4.78 is 18.1. The zero-order valence-corrected chi connectivity index (χ0v) is 22.4. The van der Waals surface area contributed by atoms with Crippen LogP contribution in [0.1, 0.15) is 58.6 Å². The first kappa shape index (κ1) is 24.5. The highest BCUT2D eigenvalue weighted by molar-refractivity contribution is 7.84. The molecule has 2 aliphatic rings. The maximum Gasteiger partial charge on any atom is 0.211 e. The van der Waals surface area contributed by atoms with Crippen LogP contribution in [0.4, 0.5) is 11.8 Å². The minimum atomic E-state index is -1.05. The van der Waals surface area contributed by atoms with Gasteiger partial charge in [-0.15, -0.1) is 0 Å². The number of nitrogens with one attached hydrogen (secondary N) is 1. The third-order valence-corrected chi connectivity index (χ3v) is 9.52. The van der Waals surface area contributed by atoms with Gasteiger partial charge in [-0.3, -0.25) is 4.40 Å². The summed E-state index contributed by atoms with van der Waals surface area (Å²) in [5.41, 5.74) is 9.47. The Bertz CT molecular complexity index is 1280. The molecule has 0 radical (unpaired) electrons. The third-order valence-electron chi connectivity index (χ3n) is 7.61. The number of fused-ring (bicyclic) bond motifs is 1. The molecule has 1 saturated heterocycles. The topological polar surface area (TPSA) is 101 Å². The molecule has 2 fully saturated rings. The number of aromatic nitrogens is 4. The molecular weight excluding hydrogens is 482 g/mol. The fraction of sp³-hybridized carbons (Fsp3) is 0.560. The number of piperidine rings is 1. The van der Waals surface area contributed by atoms with Gasteiger partial charge in [-0.05, 0) is 64.9 Å². The van der Waals surface area contributed by atoms with Gasteiger partial charge in [-0.25, -0.2) is 23.9 Å². The van der Waals surface area contributed by atoms with Gasteiger partial charge in [-0.2, -0.15) is 0 Å². The Morgan fingerprint density at radius 2 is 1.97 bits per heavy atom. The molecule has 5 rings (SSSR count). The van der Waals surface area contributed by atoms with Crippen molar-refractivity contribution in [1.29, 1.82) is 0 Å². The lowest BCUT2D eigenvalue weighted by Crippen LogP contribution is -2.51. The molecule has 1 aliphatic carbocycles. The van der Waals surface area contributed by atoms with Gasteiger partial charge in [0.05, 0.1) is 26.4 Å². The van der Waals surface area contributed by atoms with Crippen LogP contribution in [0.15, 0.2) is 24.7 Å². The quantitative estimate of drug-likeness (QED) is 0.529. The van der Waals surface area contributed by atoms with Gasteiger partial charge >= 0.3 is 0 Å². The molecule has 0 amide bonds. The fourth-order valence-corrected chi connectivity index (χ4v) is 6.81. The maximum absolute atomic E-state index is 12.8. The molecule has 1 aliphatic heterocycles. The molecule has 3 aromatic heterocycles. The van der Waals surface area contributed by atoms with E-state index in [1.165, 1.54) is 12.8 Å². The van der Waals surface area contributed by atoms with Crippen LogP contribution < -0.4 is 15.4 Å². The standard InChI is InChI=1S/C25H34ClN7OS/c1-16-21(17-14-20(27)29-15-18(17)26)22-28-10-13-33(22)23(30-16)32-11-8-25(9-12-32)7-5-6-19(25)31-35(34)24(2,3)4/h10,13-15,19,31H,5-9,11-12H2,1-4H3,(H2,27,29)/t19-,35-/m1/s1. The number of anilines is 2. The van der Waals surface area contributed by atoms with E-state index in [1.54, 1.807) is 18.5 Å². The van der Waals surface area contributed by atoms with Crippen LogP contribution in [0.2, 0.25) is 5.02 Å². The van der Waals surface area contributed by atoms with E-state index in [0.29, 0.717) is 16.9 Å². The number of hydrogen-bond acceptors (Lipinski definition) is 6. The Balaban J connectivity index is 1.42. The Morgan fingerprint density at radius 3 is 2.69 bits per heavy atom. The Labute approximate surface area is 214 Å². The first-order valence-electron chi connectivity index (χ1n) is 12.3. The van der Waals surface area contributed by atoms with Crippen LogP contribution in [-0.4, -0.2) is 47.4 Å². The molecular formula is C25H34ClN7OS. The Hall–Kier alpha value is -2.23. The predicted octanol–water partition coefficient (Wildman–Crippen LogP) is 4.53. The van der Waals surface area contributed by atoms with Gasteiger partial charge < -0.3 is 10.6 Å². The van der Waals surface area contributed by atoms with E-state index in [1.807, 2.05) is 38.3 Å². The lowest BCUT2D eigenvalue weighted by atomic mass is 9.74. The number of nitrogen functional groups attached to an aromatic ring is 1. The van der Waals surface area contributed by atoms with Crippen molar-refractivity contribution in [3.8, 4) is 11.1 Å². The number of nitrogens with zero attached hydrogens (tertiary/aromatic N) is 5. The number of pyridine rings is 1. The fourth-order valence-electron chi connectivity index (χ4n) is 5.64. The van der Waals surface area contributed by atoms with E-state index >= 15 is 0 Å². The molecule has 0 unspecified atom stereocenters. The first-order chi connectivity index (χ1) is 16.6. The molecule has 0 aromatic carbocycles. The molecule has 8 nitrogen and oxygen atoms in total. The molecule has 10 heteroatoms. The Morgan fingerprint density at radius 1 is 1.23 bits per heavy atom. The van der Waals surface area contributed by atoms with Crippen molar-refractivity contribution < 1.29 is 4.21 Å². The average Bonchev–Trinajstić information content (AvgIpc) is 3.43. The van der Waals surface area contributed by atoms with Gasteiger partial charge in [0.1, 0.15) is 11.5 Å². The van der Waals surface area contributed by atoms with Gasteiger partial charge in [0, 0.05) is 48.8 Å². The average molecular weight is 516 g/mol. The SMILES string of the molecule is Cc1nc(N2CCC3(CCC[C@H]3N[S@](=O)C(C)(C)C)CC2)n2ccnc2c1-c1cc(N)ncc1Cl. The van der Waals surface area contributed by atoms with Crippen LogP contribution in [0.3, 0.4) is 0 Å². The summed E-state index contributed by atoms with van der Waals surface area (Å²) in [6.07, 6.45) is 10.9. The molecule has 3 N–H and O–H groups in total. The highest BCUT2D eigenvalue weighted by Gasteiger charge is 2.46. The zero-order valence-electron chi connectivity index (χ0n) is 20.8. The normalized spacial score (nSPS) is 21.2. The van der Waals surface area contributed by atoms with E-state index < -0.39 is 11.0 Å². The van der Waals surface area contributed by atoms with Crippen LogP contribution >= 0.6 is 11.6 Å². The molecule has 3 aromatic rings. The minimum absolute atomic E-state index is 0.197. The van der Waals surface area contributed by atoms with Crippen molar-refractivity contribution in [2.24, 2.45) is 5.41 Å². The van der Waals surface area contributed by atoms with Gasteiger partial charge in [0.2, 0.25) is 5.95 Å². The van der Waals surface area contributed by atoms with E-state index in [0.717, 1.165) is 60.8 Å². The number of hydrogen-bond donors (Lipinski definition) is 2. The number of imidazole rings is 1. The highest BCUT2D eigenvalue weighted by atomic mass is 35.5. The number of nitrogens with two attached hydrogens (primary N) is 1. The summed E-state index contributed by atoms with van der Waals surface area (Å²) in [6, 6.07) is 2.08. The van der Waals surface area contributed by atoms with Crippen molar-refractivity contribution in [1.82, 2.24) is 24.1 Å². The summed E-state index contributed by atoms with van der Waals surface area (Å²) in [6.45, 7) is 9.89. The number of rotatable bonds is 4. The second kappa shape index (κ2) is 9.01. The zero-order chi connectivity index (χ0) is 25.0. The lowest BCUT2D eigenvalue weighted by Gasteiger charge is -2.44.